The lowest BCUT2D eigenvalue weighted by molar-refractivity contribution is -0.168. The van der Waals surface area contributed by atoms with Crippen molar-refractivity contribution in [2.75, 3.05) is 28.4 Å². The maximum absolute atomic E-state index is 14.1. The molecule has 198 valence electrons. The van der Waals surface area contributed by atoms with E-state index in [1.165, 1.54) is 14.2 Å². The van der Waals surface area contributed by atoms with E-state index in [-0.39, 0.29) is 0 Å². The van der Waals surface area contributed by atoms with Gasteiger partial charge in [-0.3, -0.25) is 19.3 Å². The Bertz CT molecular complexity index is 1180. The monoisotopic (exact) mass is 517 g/mol. The number of likely N-dealkylation sites (tertiary alicyclic amines) is 1. The molecule has 0 saturated carbocycles. The molecule has 1 heterocycles. The summed E-state index contributed by atoms with van der Waals surface area (Å²) in [6.07, 6.45) is 0. The number of carbonyl (C=O) groups is 3. The van der Waals surface area contributed by atoms with E-state index in [1.807, 2.05) is 59.5 Å². The fraction of sp³-hybridized carbons (Fsp3) is 0.300. The number of Topliss-reactive ketones (excluding diaryl/α,β-unsaturated/α-hetero) is 1. The van der Waals surface area contributed by atoms with E-state index in [0.717, 1.165) is 5.56 Å². The van der Waals surface area contributed by atoms with Crippen molar-refractivity contribution in [2.45, 2.75) is 18.6 Å². The average molecular weight is 518 g/mol. The smallest absolute Gasteiger partial charge is 0.318 e. The van der Waals surface area contributed by atoms with Crippen LogP contribution in [-0.2, 0) is 30.4 Å². The summed E-state index contributed by atoms with van der Waals surface area (Å²) < 4.78 is 20.9. The van der Waals surface area contributed by atoms with E-state index in [4.69, 9.17) is 18.9 Å². The minimum atomic E-state index is -1.25. The molecule has 0 unspecified atom stereocenters. The van der Waals surface area contributed by atoms with Gasteiger partial charge in [-0.2, -0.15) is 0 Å². The van der Waals surface area contributed by atoms with Crippen LogP contribution < -0.4 is 9.47 Å². The number of benzene rings is 3. The van der Waals surface area contributed by atoms with E-state index in [1.54, 1.807) is 38.5 Å². The number of esters is 2. The first kappa shape index (κ1) is 26.9. The number of nitrogens with zero attached hydrogens (tertiary/aromatic N) is 1. The van der Waals surface area contributed by atoms with Crippen molar-refractivity contribution in [3.8, 4) is 11.5 Å². The largest absolute Gasteiger partial charge is 0.497 e. The molecule has 4 atom stereocenters. The SMILES string of the molecule is COC(=O)[C@@H]1C(=O)[C@H](C(=O)OC)[C@H](c2ccc(OC)cc2)N(Cc2ccccc2)[C@H]1c1ccc(OC)cc1. The van der Waals surface area contributed by atoms with Crippen molar-refractivity contribution in [1.29, 1.82) is 0 Å². The van der Waals surface area contributed by atoms with Crippen molar-refractivity contribution in [2.24, 2.45) is 11.8 Å². The first-order valence-corrected chi connectivity index (χ1v) is 12.2. The lowest BCUT2D eigenvalue weighted by Crippen LogP contribution is -2.55. The van der Waals surface area contributed by atoms with Gasteiger partial charge >= 0.3 is 11.9 Å². The average Bonchev–Trinajstić information content (AvgIpc) is 2.97. The van der Waals surface area contributed by atoms with Crippen LogP contribution in [0.1, 0.15) is 28.8 Å². The zero-order valence-electron chi connectivity index (χ0n) is 21.8. The topological polar surface area (TPSA) is 91.4 Å². The zero-order valence-corrected chi connectivity index (χ0v) is 21.8. The lowest BCUT2D eigenvalue weighted by Gasteiger charge is -2.48. The number of hydrogen-bond acceptors (Lipinski definition) is 8. The van der Waals surface area contributed by atoms with Crippen LogP contribution in [0.25, 0.3) is 0 Å². The van der Waals surface area contributed by atoms with Gasteiger partial charge in [0.1, 0.15) is 23.3 Å². The molecular formula is C30H31NO7. The number of carbonyl (C=O) groups excluding carboxylic acids is 3. The van der Waals surface area contributed by atoms with Crippen molar-refractivity contribution in [3.05, 3.63) is 95.6 Å². The number of ether oxygens (including phenoxy) is 4. The Hall–Kier alpha value is -4.17. The number of piperidine rings is 1. The molecule has 0 N–H and O–H groups in total. The van der Waals surface area contributed by atoms with Gasteiger partial charge in [-0.25, -0.2) is 0 Å². The molecule has 0 radical (unpaired) electrons. The lowest BCUT2D eigenvalue weighted by atomic mass is 9.72. The normalized spacial score (nSPS) is 21.4. The fourth-order valence-corrected chi connectivity index (χ4v) is 5.17. The third-order valence-electron chi connectivity index (χ3n) is 6.99. The first-order valence-electron chi connectivity index (χ1n) is 12.2. The van der Waals surface area contributed by atoms with Crippen molar-refractivity contribution in [1.82, 2.24) is 4.90 Å². The van der Waals surface area contributed by atoms with Crippen molar-refractivity contribution in [3.63, 3.8) is 0 Å². The highest BCUT2D eigenvalue weighted by molar-refractivity contribution is 6.10. The van der Waals surface area contributed by atoms with Gasteiger partial charge in [-0.1, -0.05) is 54.6 Å². The molecular weight excluding hydrogens is 486 g/mol. The van der Waals surface area contributed by atoms with Gasteiger partial charge in [0.15, 0.2) is 5.78 Å². The molecule has 0 bridgehead atoms. The van der Waals surface area contributed by atoms with Crippen LogP contribution in [0.4, 0.5) is 0 Å². The quantitative estimate of drug-likeness (QED) is 0.325. The first-order chi connectivity index (χ1) is 18.4. The fourth-order valence-electron chi connectivity index (χ4n) is 5.17. The molecule has 0 aromatic heterocycles. The summed E-state index contributed by atoms with van der Waals surface area (Å²) in [5.74, 6) is -3.20. The standard InChI is InChI=1S/C30H31NO7/c1-35-22-14-10-20(11-15-22)26-24(29(33)37-3)28(32)25(30(34)38-4)27(21-12-16-23(36-2)17-13-21)31(26)18-19-8-6-5-7-9-19/h5-17,24-27H,18H2,1-4H3/t24-,25+,26-,27-/m0/s1. The van der Waals surface area contributed by atoms with Crippen LogP contribution in [-0.4, -0.2) is 51.1 Å². The number of methoxy groups -OCH3 is 4. The van der Waals surface area contributed by atoms with Gasteiger partial charge in [0.05, 0.1) is 40.5 Å². The number of ketones is 1. The third kappa shape index (κ3) is 5.26. The summed E-state index contributed by atoms with van der Waals surface area (Å²) in [7, 11) is 5.62. The summed E-state index contributed by atoms with van der Waals surface area (Å²) in [5, 5.41) is 0. The molecule has 8 heteroatoms. The highest BCUT2D eigenvalue weighted by Gasteiger charge is 2.55. The Kier molecular flexibility index (Phi) is 8.43. The van der Waals surface area contributed by atoms with Crippen LogP contribution in [0, 0.1) is 11.8 Å². The Labute approximate surface area is 222 Å². The summed E-state index contributed by atoms with van der Waals surface area (Å²) in [5.41, 5.74) is 2.38. The van der Waals surface area contributed by atoms with E-state index >= 15 is 0 Å². The van der Waals surface area contributed by atoms with Gasteiger partial charge in [0.25, 0.3) is 0 Å². The molecule has 0 aliphatic carbocycles. The third-order valence-corrected chi connectivity index (χ3v) is 6.99. The van der Waals surface area contributed by atoms with Gasteiger partial charge in [-0.05, 0) is 41.0 Å². The molecule has 3 aromatic rings. The minimum Gasteiger partial charge on any atom is -0.497 e. The van der Waals surface area contributed by atoms with E-state index in [2.05, 4.69) is 0 Å². The summed E-state index contributed by atoms with van der Waals surface area (Å²) in [4.78, 5) is 42.5. The van der Waals surface area contributed by atoms with Crippen LogP contribution in [0.15, 0.2) is 78.9 Å². The summed E-state index contributed by atoms with van der Waals surface area (Å²) in [6, 6.07) is 22.7. The molecule has 3 aromatic carbocycles. The molecule has 38 heavy (non-hydrogen) atoms. The Morgan fingerprint density at radius 1 is 0.658 bits per heavy atom. The number of rotatable bonds is 8. The summed E-state index contributed by atoms with van der Waals surface area (Å²) >= 11 is 0. The van der Waals surface area contributed by atoms with Crippen molar-refractivity contribution < 1.29 is 33.3 Å². The predicted molar refractivity (Wildman–Crippen MR) is 139 cm³/mol. The second-order valence-corrected chi connectivity index (χ2v) is 9.00. The molecule has 1 fully saturated rings. The highest BCUT2D eigenvalue weighted by atomic mass is 16.5. The van der Waals surface area contributed by atoms with E-state index < -0.39 is 41.6 Å². The maximum atomic E-state index is 14.1. The Balaban J connectivity index is 1.96. The molecule has 4 rings (SSSR count). The van der Waals surface area contributed by atoms with Crippen LogP contribution in [0.3, 0.4) is 0 Å². The number of hydrogen-bond donors (Lipinski definition) is 0. The Morgan fingerprint density at radius 3 is 1.45 bits per heavy atom. The van der Waals surface area contributed by atoms with Gasteiger partial charge in [0.2, 0.25) is 0 Å². The molecule has 1 saturated heterocycles. The predicted octanol–water partition coefficient (Wildman–Crippen LogP) is 4.15. The van der Waals surface area contributed by atoms with Gasteiger partial charge in [0, 0.05) is 6.54 Å². The Morgan fingerprint density at radius 2 is 1.08 bits per heavy atom. The maximum Gasteiger partial charge on any atom is 0.318 e. The highest BCUT2D eigenvalue weighted by Crippen LogP contribution is 2.48. The molecule has 0 amide bonds. The van der Waals surface area contributed by atoms with Crippen LogP contribution in [0.5, 0.6) is 11.5 Å². The van der Waals surface area contributed by atoms with Crippen molar-refractivity contribution >= 4 is 17.7 Å². The minimum absolute atomic E-state index is 0.350. The van der Waals surface area contributed by atoms with Gasteiger partial charge in [-0.15, -0.1) is 0 Å². The second-order valence-electron chi connectivity index (χ2n) is 9.00. The zero-order chi connectivity index (χ0) is 27.2. The molecule has 8 nitrogen and oxygen atoms in total. The van der Waals surface area contributed by atoms with E-state index in [0.29, 0.717) is 29.2 Å². The molecule has 1 aliphatic heterocycles. The second kappa shape index (κ2) is 11.9. The molecule has 0 spiro atoms. The molecule has 1 aliphatic rings. The van der Waals surface area contributed by atoms with Crippen LogP contribution in [0.2, 0.25) is 0 Å². The van der Waals surface area contributed by atoms with Gasteiger partial charge < -0.3 is 18.9 Å². The van der Waals surface area contributed by atoms with Crippen LogP contribution >= 0.6 is 0 Å². The van der Waals surface area contributed by atoms with E-state index in [9.17, 15) is 14.4 Å². The summed E-state index contributed by atoms with van der Waals surface area (Å²) in [6.45, 7) is 0.350.